The van der Waals surface area contributed by atoms with Crippen molar-refractivity contribution >= 4 is 50.5 Å². The molecule has 32 heavy (non-hydrogen) atoms. The predicted molar refractivity (Wildman–Crippen MR) is 129 cm³/mol. The Morgan fingerprint density at radius 3 is 2.62 bits per heavy atom. The zero-order valence-corrected chi connectivity index (χ0v) is 20.1. The first-order valence-corrected chi connectivity index (χ1v) is 12.6. The third-order valence-corrected chi connectivity index (χ3v) is 7.79. The smallest absolute Gasteiger partial charge is 0.305 e. The van der Waals surface area contributed by atoms with Gasteiger partial charge in [-0.05, 0) is 51.5 Å². The third kappa shape index (κ3) is 5.10. The van der Waals surface area contributed by atoms with E-state index >= 15 is 0 Å². The number of aromatic nitrogens is 2. The van der Waals surface area contributed by atoms with Gasteiger partial charge in [0.15, 0.2) is 0 Å². The van der Waals surface area contributed by atoms with Gasteiger partial charge in [-0.2, -0.15) is 0 Å². The van der Waals surface area contributed by atoms with Crippen LogP contribution in [0.5, 0.6) is 0 Å². The molecule has 2 N–H and O–H groups in total. The Kier molecular flexibility index (Phi) is 7.05. The summed E-state index contributed by atoms with van der Waals surface area (Å²) in [6.07, 6.45) is 7.55. The van der Waals surface area contributed by atoms with Gasteiger partial charge in [0.2, 0.25) is 0 Å². The molecule has 0 saturated heterocycles. The molecule has 1 aliphatic rings. The molecule has 7 nitrogen and oxygen atoms in total. The fourth-order valence-corrected chi connectivity index (χ4v) is 5.87. The number of hydrogen-bond acceptors (Lipinski definition) is 8. The number of anilines is 1. The summed E-state index contributed by atoms with van der Waals surface area (Å²) < 4.78 is 4.78. The molecule has 1 saturated carbocycles. The largest absolute Gasteiger partial charge is 0.469 e. The zero-order valence-electron chi connectivity index (χ0n) is 18.5. The topological polar surface area (TPSA) is 93.2 Å². The molecule has 3 heterocycles. The Labute approximate surface area is 195 Å². The molecule has 1 fully saturated rings. The van der Waals surface area contributed by atoms with Crippen LogP contribution in [-0.2, 0) is 9.53 Å². The van der Waals surface area contributed by atoms with Crippen molar-refractivity contribution in [1.29, 1.82) is 0 Å². The zero-order chi connectivity index (χ0) is 22.7. The number of amides is 1. The van der Waals surface area contributed by atoms with E-state index in [0.717, 1.165) is 51.3 Å². The standard InChI is InChI=1S/C23H28N4O3S2/c1-13(2)26-21-16-9-18(19-11-24-12-31-19)32-23(16)25-10-17(21)22(29)27-15-6-4-14(5-7-15)8-20(28)30-3/h9-15H,4-8H2,1-3H3,(H,25,26)(H,27,29). The molecule has 1 amide bonds. The predicted octanol–water partition coefficient (Wildman–Crippen LogP) is 5.09. The van der Waals surface area contributed by atoms with Crippen LogP contribution in [-0.4, -0.2) is 41.0 Å². The SMILES string of the molecule is COC(=O)CC1CCC(NC(=O)c2cnc3sc(-c4cncs4)cc3c2NC(C)C)CC1. The molecule has 0 aliphatic heterocycles. The van der Waals surface area contributed by atoms with Crippen molar-refractivity contribution < 1.29 is 14.3 Å². The van der Waals surface area contributed by atoms with Crippen molar-refractivity contribution in [2.75, 3.05) is 12.4 Å². The summed E-state index contributed by atoms with van der Waals surface area (Å²) in [4.78, 5) is 36.6. The first kappa shape index (κ1) is 22.7. The summed E-state index contributed by atoms with van der Waals surface area (Å²) in [6, 6.07) is 2.38. The fraction of sp³-hybridized carbons (Fsp3) is 0.478. The molecule has 9 heteroatoms. The summed E-state index contributed by atoms with van der Waals surface area (Å²) >= 11 is 3.20. The second-order valence-corrected chi connectivity index (χ2v) is 10.4. The number of hydrogen-bond donors (Lipinski definition) is 2. The van der Waals surface area contributed by atoms with E-state index in [2.05, 4.69) is 40.5 Å². The number of esters is 1. The average molecular weight is 473 g/mol. The van der Waals surface area contributed by atoms with E-state index in [1.807, 2.05) is 11.7 Å². The van der Waals surface area contributed by atoms with E-state index in [-0.39, 0.29) is 24.0 Å². The molecule has 1 aliphatic carbocycles. The number of nitrogens with one attached hydrogen (secondary N) is 2. The summed E-state index contributed by atoms with van der Waals surface area (Å²) in [5.74, 6) is 0.0713. The summed E-state index contributed by atoms with van der Waals surface area (Å²) in [7, 11) is 1.43. The highest BCUT2D eigenvalue weighted by molar-refractivity contribution is 7.25. The lowest BCUT2D eigenvalue weighted by Gasteiger charge is -2.28. The van der Waals surface area contributed by atoms with Gasteiger partial charge in [-0.1, -0.05) is 0 Å². The van der Waals surface area contributed by atoms with Gasteiger partial charge in [-0.25, -0.2) is 4.98 Å². The summed E-state index contributed by atoms with van der Waals surface area (Å²) in [6.45, 7) is 4.12. The second-order valence-electron chi connectivity index (χ2n) is 8.51. The molecule has 0 bridgehead atoms. The van der Waals surface area contributed by atoms with Gasteiger partial charge in [0.25, 0.3) is 5.91 Å². The highest BCUT2D eigenvalue weighted by atomic mass is 32.1. The Morgan fingerprint density at radius 1 is 1.19 bits per heavy atom. The minimum absolute atomic E-state index is 0.106. The van der Waals surface area contributed by atoms with Crippen LogP contribution in [0.25, 0.3) is 20.0 Å². The third-order valence-electron chi connectivity index (χ3n) is 5.78. The maximum absolute atomic E-state index is 13.2. The summed E-state index contributed by atoms with van der Waals surface area (Å²) in [5, 5.41) is 7.63. The van der Waals surface area contributed by atoms with Crippen LogP contribution >= 0.6 is 22.7 Å². The molecule has 0 atom stereocenters. The van der Waals surface area contributed by atoms with Crippen molar-refractivity contribution in [2.24, 2.45) is 5.92 Å². The van der Waals surface area contributed by atoms with Crippen molar-refractivity contribution in [2.45, 2.75) is 58.0 Å². The molecule has 170 valence electrons. The van der Waals surface area contributed by atoms with Crippen LogP contribution in [0.2, 0.25) is 0 Å². The quantitative estimate of drug-likeness (QED) is 0.465. The first-order valence-electron chi connectivity index (χ1n) is 10.9. The maximum atomic E-state index is 13.2. The van der Waals surface area contributed by atoms with Crippen molar-refractivity contribution in [3.05, 3.63) is 29.5 Å². The Bertz CT molecular complexity index is 1090. The lowest BCUT2D eigenvalue weighted by Crippen LogP contribution is -2.38. The molecular formula is C23H28N4O3S2. The maximum Gasteiger partial charge on any atom is 0.305 e. The molecule has 0 spiro atoms. The van der Waals surface area contributed by atoms with E-state index in [0.29, 0.717) is 17.9 Å². The lowest BCUT2D eigenvalue weighted by molar-refractivity contribution is -0.142. The Hall–Kier alpha value is -2.52. The van der Waals surface area contributed by atoms with E-state index in [1.54, 1.807) is 28.9 Å². The van der Waals surface area contributed by atoms with Crippen molar-refractivity contribution in [3.63, 3.8) is 0 Å². The van der Waals surface area contributed by atoms with Crippen LogP contribution in [0, 0.1) is 5.92 Å². The molecule has 0 unspecified atom stereocenters. The number of fused-ring (bicyclic) bond motifs is 1. The van der Waals surface area contributed by atoms with Gasteiger partial charge in [0, 0.05) is 41.2 Å². The highest BCUT2D eigenvalue weighted by Gasteiger charge is 2.26. The minimum Gasteiger partial charge on any atom is -0.469 e. The van der Waals surface area contributed by atoms with E-state index in [4.69, 9.17) is 4.74 Å². The summed E-state index contributed by atoms with van der Waals surface area (Å²) in [5.41, 5.74) is 3.21. The van der Waals surface area contributed by atoms with Gasteiger partial charge in [0.1, 0.15) is 4.83 Å². The number of ether oxygens (including phenoxy) is 1. The van der Waals surface area contributed by atoms with Crippen LogP contribution in [0.4, 0.5) is 5.69 Å². The van der Waals surface area contributed by atoms with E-state index < -0.39 is 0 Å². The number of methoxy groups -OCH3 is 1. The van der Waals surface area contributed by atoms with Crippen LogP contribution < -0.4 is 10.6 Å². The number of pyridine rings is 1. The first-order chi connectivity index (χ1) is 15.4. The van der Waals surface area contributed by atoms with Gasteiger partial charge < -0.3 is 15.4 Å². The fourth-order valence-electron chi connectivity index (χ4n) is 4.16. The highest BCUT2D eigenvalue weighted by Crippen LogP contribution is 2.39. The number of carbonyl (C=O) groups is 2. The molecule has 3 aromatic rings. The van der Waals surface area contributed by atoms with Gasteiger partial charge in [0.05, 0.1) is 28.7 Å². The van der Waals surface area contributed by atoms with Gasteiger partial charge >= 0.3 is 5.97 Å². The number of thiazole rings is 1. The van der Waals surface area contributed by atoms with Crippen LogP contribution in [0.15, 0.2) is 24.0 Å². The normalized spacial score (nSPS) is 18.6. The minimum atomic E-state index is -0.158. The van der Waals surface area contributed by atoms with Crippen LogP contribution in [0.1, 0.15) is 56.3 Å². The second kappa shape index (κ2) is 9.95. The van der Waals surface area contributed by atoms with Gasteiger partial charge in [-0.3, -0.25) is 14.6 Å². The Balaban J connectivity index is 1.52. The number of thiophene rings is 1. The molecule has 3 aromatic heterocycles. The van der Waals surface area contributed by atoms with E-state index in [9.17, 15) is 9.59 Å². The molecule has 4 rings (SSSR count). The van der Waals surface area contributed by atoms with Crippen molar-refractivity contribution in [3.8, 4) is 9.75 Å². The molecule has 0 aromatic carbocycles. The number of nitrogens with zero attached hydrogens (tertiary/aromatic N) is 2. The van der Waals surface area contributed by atoms with Crippen LogP contribution in [0.3, 0.4) is 0 Å². The molecular weight excluding hydrogens is 444 g/mol. The number of carbonyl (C=O) groups excluding carboxylic acids is 2. The lowest BCUT2D eigenvalue weighted by atomic mass is 9.84. The Morgan fingerprint density at radius 2 is 1.97 bits per heavy atom. The monoisotopic (exact) mass is 472 g/mol. The molecule has 0 radical (unpaired) electrons. The van der Waals surface area contributed by atoms with Gasteiger partial charge in [-0.15, -0.1) is 22.7 Å². The van der Waals surface area contributed by atoms with Crippen molar-refractivity contribution in [1.82, 2.24) is 15.3 Å². The number of rotatable bonds is 7. The average Bonchev–Trinajstić information content (AvgIpc) is 3.44. The van der Waals surface area contributed by atoms with E-state index in [1.165, 1.54) is 7.11 Å².